The molecule has 0 unspecified atom stereocenters. The monoisotopic (exact) mass is 386 g/mol. The lowest BCUT2D eigenvalue weighted by molar-refractivity contribution is -0.140. The van der Waals surface area contributed by atoms with Crippen molar-refractivity contribution < 1.29 is 9.53 Å². The molecule has 0 radical (unpaired) electrons. The van der Waals surface area contributed by atoms with Crippen LogP contribution in [0.2, 0.25) is 10.0 Å². The minimum atomic E-state index is -0.237. The Hall–Kier alpha value is -2.48. The Kier molecular flexibility index (Phi) is 5.51. The summed E-state index contributed by atoms with van der Waals surface area (Å²) in [4.78, 5) is 14.8. The minimum absolute atomic E-state index is 0.237. The maximum atomic E-state index is 11.4. The van der Waals surface area contributed by atoms with Gasteiger partial charge in [0.1, 0.15) is 0 Å². The molecule has 26 heavy (non-hydrogen) atoms. The molecule has 3 rings (SSSR count). The van der Waals surface area contributed by atoms with Crippen molar-refractivity contribution in [1.82, 2.24) is 4.98 Å². The molecule has 3 aromatic rings. The van der Waals surface area contributed by atoms with Gasteiger partial charge in [0.25, 0.3) is 0 Å². The van der Waals surface area contributed by atoms with E-state index in [0.717, 1.165) is 27.7 Å². The number of hydrogen-bond donors (Lipinski definition) is 1. The Morgan fingerprint density at radius 1 is 1.19 bits per heavy atom. The van der Waals surface area contributed by atoms with Crippen molar-refractivity contribution >= 4 is 40.1 Å². The number of H-pyrrole nitrogens is 1. The number of fused-ring (bicyclic) bond motifs is 1. The first-order valence-electron chi connectivity index (χ1n) is 8.10. The molecule has 0 aliphatic heterocycles. The first-order chi connectivity index (χ1) is 12.5. The number of aromatic amines is 1. The SMILES string of the molecule is COC(=O)CCCc1c(-c2ccc(Cl)c(Cl)c2)[nH]c2ccc(C#N)cc12. The summed E-state index contributed by atoms with van der Waals surface area (Å²) >= 11 is 12.2. The number of carbonyl (C=O) groups is 1. The normalized spacial score (nSPS) is 10.7. The van der Waals surface area contributed by atoms with E-state index in [1.807, 2.05) is 24.3 Å². The molecule has 1 N–H and O–H groups in total. The van der Waals surface area contributed by atoms with Crippen molar-refractivity contribution in [3.63, 3.8) is 0 Å². The van der Waals surface area contributed by atoms with Crippen LogP contribution >= 0.6 is 23.2 Å². The smallest absolute Gasteiger partial charge is 0.305 e. The molecular weight excluding hydrogens is 371 g/mol. The summed E-state index contributed by atoms with van der Waals surface area (Å²) in [7, 11) is 1.38. The van der Waals surface area contributed by atoms with Crippen LogP contribution in [0.4, 0.5) is 0 Å². The maximum Gasteiger partial charge on any atom is 0.305 e. The fraction of sp³-hybridized carbons (Fsp3) is 0.200. The molecule has 0 aliphatic rings. The topological polar surface area (TPSA) is 65.9 Å². The van der Waals surface area contributed by atoms with Gasteiger partial charge < -0.3 is 9.72 Å². The van der Waals surface area contributed by atoms with Gasteiger partial charge in [0.2, 0.25) is 0 Å². The molecule has 0 saturated heterocycles. The van der Waals surface area contributed by atoms with Crippen LogP contribution in [0.25, 0.3) is 22.2 Å². The predicted molar refractivity (Wildman–Crippen MR) is 103 cm³/mol. The van der Waals surface area contributed by atoms with Gasteiger partial charge in [0, 0.05) is 23.0 Å². The zero-order chi connectivity index (χ0) is 18.7. The molecule has 0 aliphatic carbocycles. The molecule has 0 fully saturated rings. The lowest BCUT2D eigenvalue weighted by Gasteiger charge is -2.07. The quantitative estimate of drug-likeness (QED) is 0.587. The van der Waals surface area contributed by atoms with Crippen LogP contribution in [-0.4, -0.2) is 18.1 Å². The standard InChI is InChI=1S/C20H16Cl2N2O2/c1-26-19(25)4-2-3-14-15-9-12(11-23)5-8-18(15)24-20(14)13-6-7-16(21)17(22)10-13/h5-10,24H,2-4H2,1H3. The molecule has 2 aromatic carbocycles. The predicted octanol–water partition coefficient (Wildman–Crippen LogP) is 5.51. The number of hydrogen-bond acceptors (Lipinski definition) is 3. The van der Waals surface area contributed by atoms with Gasteiger partial charge >= 0.3 is 5.97 Å². The fourth-order valence-electron chi connectivity index (χ4n) is 2.99. The number of halogens is 2. The lowest BCUT2D eigenvalue weighted by atomic mass is 9.99. The van der Waals surface area contributed by atoms with Crippen LogP contribution < -0.4 is 0 Å². The van der Waals surface area contributed by atoms with Gasteiger partial charge in [-0.05, 0) is 54.3 Å². The van der Waals surface area contributed by atoms with Crippen molar-refractivity contribution in [1.29, 1.82) is 5.26 Å². The summed E-state index contributed by atoms with van der Waals surface area (Å²) in [5, 5.41) is 11.1. The summed E-state index contributed by atoms with van der Waals surface area (Å²) in [6.07, 6.45) is 1.65. The molecule has 0 amide bonds. The van der Waals surface area contributed by atoms with Crippen LogP contribution in [0, 0.1) is 11.3 Å². The number of esters is 1. The number of rotatable bonds is 5. The van der Waals surface area contributed by atoms with E-state index in [4.69, 9.17) is 27.9 Å². The molecule has 132 valence electrons. The van der Waals surface area contributed by atoms with Gasteiger partial charge in [-0.25, -0.2) is 0 Å². The Morgan fingerprint density at radius 3 is 2.69 bits per heavy atom. The summed E-state index contributed by atoms with van der Waals surface area (Å²) < 4.78 is 4.72. The second kappa shape index (κ2) is 7.82. The number of aromatic nitrogens is 1. The van der Waals surface area contributed by atoms with Gasteiger partial charge in [-0.15, -0.1) is 0 Å². The zero-order valence-electron chi connectivity index (χ0n) is 14.1. The van der Waals surface area contributed by atoms with Crippen molar-refractivity contribution in [2.24, 2.45) is 0 Å². The van der Waals surface area contributed by atoms with E-state index in [1.165, 1.54) is 7.11 Å². The number of carbonyl (C=O) groups excluding carboxylic acids is 1. The van der Waals surface area contributed by atoms with E-state index in [1.54, 1.807) is 12.1 Å². The maximum absolute atomic E-state index is 11.4. The third-order valence-electron chi connectivity index (χ3n) is 4.28. The van der Waals surface area contributed by atoms with Crippen LogP contribution in [-0.2, 0) is 16.0 Å². The van der Waals surface area contributed by atoms with E-state index < -0.39 is 0 Å². The van der Waals surface area contributed by atoms with E-state index in [9.17, 15) is 10.1 Å². The average molecular weight is 387 g/mol. The number of nitriles is 1. The molecule has 6 heteroatoms. The van der Waals surface area contributed by atoms with Gasteiger partial charge in [-0.2, -0.15) is 5.26 Å². The Balaban J connectivity index is 2.08. The van der Waals surface area contributed by atoms with Crippen molar-refractivity contribution in [3.05, 3.63) is 57.6 Å². The largest absolute Gasteiger partial charge is 0.469 e. The highest BCUT2D eigenvalue weighted by Gasteiger charge is 2.15. The van der Waals surface area contributed by atoms with E-state index >= 15 is 0 Å². The van der Waals surface area contributed by atoms with Crippen molar-refractivity contribution in [2.45, 2.75) is 19.3 Å². The summed E-state index contributed by atoms with van der Waals surface area (Å²) in [5.41, 5.74) is 4.38. The van der Waals surface area contributed by atoms with Gasteiger partial charge in [0.05, 0.1) is 28.8 Å². The number of aryl methyl sites for hydroxylation is 1. The Morgan fingerprint density at radius 2 is 2.00 bits per heavy atom. The highest BCUT2D eigenvalue weighted by atomic mass is 35.5. The number of ether oxygens (including phenoxy) is 1. The van der Waals surface area contributed by atoms with Crippen molar-refractivity contribution in [3.8, 4) is 17.3 Å². The molecule has 0 spiro atoms. The van der Waals surface area contributed by atoms with E-state index in [-0.39, 0.29) is 5.97 Å². The molecule has 1 heterocycles. The first-order valence-corrected chi connectivity index (χ1v) is 8.86. The second-order valence-electron chi connectivity index (χ2n) is 5.91. The van der Waals surface area contributed by atoms with Gasteiger partial charge in [0.15, 0.2) is 0 Å². The third kappa shape index (κ3) is 3.70. The first kappa shape index (κ1) is 18.3. The molecule has 0 saturated carbocycles. The van der Waals surface area contributed by atoms with Crippen LogP contribution in [0.5, 0.6) is 0 Å². The van der Waals surface area contributed by atoms with Crippen LogP contribution in [0.15, 0.2) is 36.4 Å². The third-order valence-corrected chi connectivity index (χ3v) is 5.02. The zero-order valence-corrected chi connectivity index (χ0v) is 15.6. The van der Waals surface area contributed by atoms with Crippen molar-refractivity contribution in [2.75, 3.05) is 7.11 Å². The lowest BCUT2D eigenvalue weighted by Crippen LogP contribution is -2.00. The molecule has 0 bridgehead atoms. The summed E-state index contributed by atoms with van der Waals surface area (Å²) in [6.45, 7) is 0. The minimum Gasteiger partial charge on any atom is -0.469 e. The molecule has 4 nitrogen and oxygen atoms in total. The molecule has 1 aromatic heterocycles. The highest BCUT2D eigenvalue weighted by molar-refractivity contribution is 6.42. The fourth-order valence-corrected chi connectivity index (χ4v) is 3.28. The van der Waals surface area contributed by atoms with Crippen LogP contribution in [0.1, 0.15) is 24.0 Å². The number of methoxy groups -OCH3 is 1. The average Bonchev–Trinajstić information content (AvgIpc) is 3.01. The highest BCUT2D eigenvalue weighted by Crippen LogP contribution is 2.35. The van der Waals surface area contributed by atoms with E-state index in [0.29, 0.717) is 34.9 Å². The number of nitrogens with one attached hydrogen (secondary N) is 1. The number of benzene rings is 2. The second-order valence-corrected chi connectivity index (χ2v) is 6.72. The van der Waals surface area contributed by atoms with Gasteiger partial charge in [-0.1, -0.05) is 29.3 Å². The summed E-state index contributed by atoms with van der Waals surface area (Å²) in [5.74, 6) is -0.237. The molecule has 0 atom stereocenters. The molecular formula is C20H16Cl2N2O2. The number of nitrogens with zero attached hydrogens (tertiary/aromatic N) is 1. The Labute approximate surface area is 161 Å². The van der Waals surface area contributed by atoms with Gasteiger partial charge in [-0.3, -0.25) is 4.79 Å². The summed E-state index contributed by atoms with van der Waals surface area (Å²) in [6, 6.07) is 13.2. The Bertz CT molecular complexity index is 1020. The van der Waals surface area contributed by atoms with Crippen LogP contribution in [0.3, 0.4) is 0 Å². The van der Waals surface area contributed by atoms with E-state index in [2.05, 4.69) is 11.1 Å².